The fourth-order valence-corrected chi connectivity index (χ4v) is 1.97. The van der Waals surface area contributed by atoms with Crippen molar-refractivity contribution in [2.24, 2.45) is 0 Å². The summed E-state index contributed by atoms with van der Waals surface area (Å²) >= 11 is -0.781. The summed E-state index contributed by atoms with van der Waals surface area (Å²) in [6.07, 6.45) is 0. The minimum Gasteiger partial charge on any atom is -0.465 e. The summed E-state index contributed by atoms with van der Waals surface area (Å²) in [7, 11) is 0.999. The highest BCUT2D eigenvalue weighted by molar-refractivity contribution is 8.00. The second kappa shape index (κ2) is 5.79. The number of benzene rings is 1. The largest absolute Gasteiger partial charge is 0.465 e. The van der Waals surface area contributed by atoms with Gasteiger partial charge in [0.2, 0.25) is 0 Å². The van der Waals surface area contributed by atoms with Gasteiger partial charge in [-0.25, -0.2) is 4.79 Å². The number of carbonyl (C=O) groups is 1. The molecule has 0 bridgehead atoms. The van der Waals surface area contributed by atoms with Crippen LogP contribution in [0.4, 0.5) is 18.9 Å². The average Bonchev–Trinajstić information content (AvgIpc) is 2.35. The van der Waals surface area contributed by atoms with Crippen LogP contribution in [-0.4, -0.2) is 23.5 Å². The first kappa shape index (κ1) is 15.8. The van der Waals surface area contributed by atoms with Crippen molar-refractivity contribution in [1.82, 2.24) is 0 Å². The first-order valence-electron chi connectivity index (χ1n) is 4.76. The molecule has 0 heterocycles. The van der Waals surface area contributed by atoms with Gasteiger partial charge in [-0.2, -0.15) is 18.4 Å². The summed E-state index contributed by atoms with van der Waals surface area (Å²) in [6, 6.07) is 2.85. The molecule has 1 aromatic rings. The fraction of sp³-hybridized carbons (Fsp3) is 0.200. The number of esters is 1. The smallest absolute Gasteiger partial charge is 0.446 e. The Kier molecular flexibility index (Phi) is 4.57. The maximum Gasteiger partial charge on any atom is 0.446 e. The number of rotatable bonds is 3. The van der Waals surface area contributed by atoms with Crippen LogP contribution >= 0.6 is 11.8 Å². The topological polar surface area (TPSA) is 93.2 Å². The molecule has 20 heavy (non-hydrogen) atoms. The number of hydrogen-bond donors (Lipinski definition) is 0. The van der Waals surface area contributed by atoms with Gasteiger partial charge in [0.15, 0.2) is 0 Å². The van der Waals surface area contributed by atoms with E-state index in [1.807, 2.05) is 0 Å². The number of methoxy groups -OCH3 is 1. The molecule has 0 unspecified atom stereocenters. The summed E-state index contributed by atoms with van der Waals surface area (Å²) in [6.45, 7) is 0. The standard InChI is InChI=1S/C10H5F3N2O4S/c1-19-9(16)5-2-6(4-14)8(20-10(11,12)13)7(3-5)15(17)18/h2-3H,1H3. The highest BCUT2D eigenvalue weighted by Gasteiger charge is 2.35. The molecule has 0 spiro atoms. The van der Waals surface area contributed by atoms with Crippen LogP contribution in [0.3, 0.4) is 0 Å². The van der Waals surface area contributed by atoms with Gasteiger partial charge in [0.05, 0.1) is 23.2 Å². The maximum atomic E-state index is 12.4. The molecule has 6 nitrogen and oxygen atoms in total. The van der Waals surface area contributed by atoms with Crippen molar-refractivity contribution in [1.29, 1.82) is 5.26 Å². The van der Waals surface area contributed by atoms with Crippen molar-refractivity contribution in [3.8, 4) is 6.07 Å². The van der Waals surface area contributed by atoms with Gasteiger partial charge in [-0.3, -0.25) is 10.1 Å². The fourth-order valence-electron chi connectivity index (χ4n) is 1.29. The first-order chi connectivity index (χ1) is 9.19. The summed E-state index contributed by atoms with van der Waals surface area (Å²) in [5.74, 6) is -0.992. The van der Waals surface area contributed by atoms with Crippen molar-refractivity contribution < 1.29 is 27.6 Å². The number of ether oxygens (including phenoxy) is 1. The Morgan fingerprint density at radius 2 is 2.10 bits per heavy atom. The summed E-state index contributed by atoms with van der Waals surface area (Å²) in [5.41, 5.74) is -6.78. The van der Waals surface area contributed by atoms with Gasteiger partial charge in [0, 0.05) is 6.07 Å². The number of halogens is 3. The Balaban J connectivity index is 3.54. The quantitative estimate of drug-likeness (QED) is 0.369. The lowest BCUT2D eigenvalue weighted by atomic mass is 10.1. The van der Waals surface area contributed by atoms with Crippen molar-refractivity contribution in [2.75, 3.05) is 7.11 Å². The number of thioether (sulfide) groups is 1. The van der Waals surface area contributed by atoms with E-state index in [0.29, 0.717) is 6.07 Å². The second-order valence-electron chi connectivity index (χ2n) is 3.28. The van der Waals surface area contributed by atoms with Crippen LogP contribution in [-0.2, 0) is 4.74 Å². The van der Waals surface area contributed by atoms with Gasteiger partial charge in [0.1, 0.15) is 11.0 Å². The lowest BCUT2D eigenvalue weighted by Gasteiger charge is -2.09. The number of nitro benzene ring substituents is 1. The monoisotopic (exact) mass is 306 g/mol. The van der Waals surface area contributed by atoms with E-state index < -0.39 is 44.3 Å². The van der Waals surface area contributed by atoms with E-state index in [0.717, 1.165) is 13.2 Å². The molecule has 10 heteroatoms. The van der Waals surface area contributed by atoms with Gasteiger partial charge >= 0.3 is 11.5 Å². The maximum absolute atomic E-state index is 12.4. The summed E-state index contributed by atoms with van der Waals surface area (Å²) in [5, 5.41) is 19.6. The van der Waals surface area contributed by atoms with Crippen molar-refractivity contribution in [3.05, 3.63) is 33.4 Å². The zero-order valence-electron chi connectivity index (χ0n) is 9.72. The molecule has 0 aliphatic carbocycles. The molecule has 0 amide bonds. The number of hydrogen-bond acceptors (Lipinski definition) is 6. The van der Waals surface area contributed by atoms with Crippen molar-refractivity contribution in [2.45, 2.75) is 10.4 Å². The van der Waals surface area contributed by atoms with Gasteiger partial charge in [0.25, 0.3) is 5.69 Å². The predicted molar refractivity (Wildman–Crippen MR) is 61.1 cm³/mol. The van der Waals surface area contributed by atoms with Crippen LogP contribution in [0.25, 0.3) is 0 Å². The van der Waals surface area contributed by atoms with E-state index in [1.165, 1.54) is 6.07 Å². The lowest BCUT2D eigenvalue weighted by Crippen LogP contribution is -2.07. The third kappa shape index (κ3) is 3.61. The molecule has 0 atom stereocenters. The van der Waals surface area contributed by atoms with E-state index in [1.54, 1.807) is 0 Å². The Bertz CT molecular complexity index is 610. The Labute approximate surface area is 114 Å². The summed E-state index contributed by atoms with van der Waals surface area (Å²) < 4.78 is 41.4. The summed E-state index contributed by atoms with van der Waals surface area (Å²) in [4.78, 5) is 20.1. The second-order valence-corrected chi connectivity index (χ2v) is 4.36. The minimum atomic E-state index is -4.80. The molecule has 0 fully saturated rings. The lowest BCUT2D eigenvalue weighted by molar-refractivity contribution is -0.387. The van der Waals surface area contributed by atoms with Crippen LogP contribution < -0.4 is 0 Å². The number of nitrogens with zero attached hydrogens (tertiary/aromatic N) is 2. The van der Waals surface area contributed by atoms with Gasteiger partial charge in [-0.1, -0.05) is 0 Å². The van der Waals surface area contributed by atoms with E-state index in [2.05, 4.69) is 4.74 Å². The molecule has 0 radical (unpaired) electrons. The van der Waals surface area contributed by atoms with Gasteiger partial charge in [-0.15, -0.1) is 0 Å². The van der Waals surface area contributed by atoms with Crippen molar-refractivity contribution >= 4 is 23.4 Å². The van der Waals surface area contributed by atoms with Crippen LogP contribution in [0, 0.1) is 21.4 Å². The highest BCUT2D eigenvalue weighted by atomic mass is 32.2. The number of carbonyl (C=O) groups excluding carboxylic acids is 1. The van der Waals surface area contributed by atoms with Crippen LogP contribution in [0.1, 0.15) is 15.9 Å². The first-order valence-corrected chi connectivity index (χ1v) is 5.58. The predicted octanol–water partition coefficient (Wildman–Crippen LogP) is 2.86. The highest BCUT2D eigenvalue weighted by Crippen LogP contribution is 2.43. The molecule has 0 aromatic heterocycles. The van der Waals surface area contributed by atoms with E-state index in [9.17, 15) is 28.1 Å². The van der Waals surface area contributed by atoms with Crippen LogP contribution in [0.2, 0.25) is 0 Å². The van der Waals surface area contributed by atoms with Gasteiger partial charge in [-0.05, 0) is 17.8 Å². The third-order valence-corrected chi connectivity index (χ3v) is 2.89. The minimum absolute atomic E-state index is 0.373. The Hall–Kier alpha value is -2.28. The zero-order chi connectivity index (χ0) is 15.5. The molecule has 0 aliphatic heterocycles. The van der Waals surface area contributed by atoms with Crippen molar-refractivity contribution in [3.63, 3.8) is 0 Å². The molecule has 0 aliphatic rings. The molecular formula is C10H5F3N2O4S. The number of alkyl halides is 3. The molecular weight excluding hydrogens is 301 g/mol. The Morgan fingerprint density at radius 1 is 1.50 bits per heavy atom. The molecule has 0 N–H and O–H groups in total. The Morgan fingerprint density at radius 3 is 2.50 bits per heavy atom. The SMILES string of the molecule is COC(=O)c1cc(C#N)c(SC(F)(F)F)c([N+](=O)[O-])c1. The van der Waals surface area contributed by atoms with E-state index in [4.69, 9.17) is 5.26 Å². The third-order valence-electron chi connectivity index (χ3n) is 2.03. The normalized spacial score (nSPS) is 10.8. The van der Waals surface area contributed by atoms with Crippen LogP contribution in [0.5, 0.6) is 0 Å². The molecule has 106 valence electrons. The molecule has 1 aromatic carbocycles. The number of nitro groups is 1. The average molecular weight is 306 g/mol. The number of nitriles is 1. The molecule has 0 saturated carbocycles. The van der Waals surface area contributed by atoms with Crippen LogP contribution in [0.15, 0.2) is 17.0 Å². The van der Waals surface area contributed by atoms with E-state index in [-0.39, 0.29) is 5.56 Å². The molecule has 1 rings (SSSR count). The zero-order valence-corrected chi connectivity index (χ0v) is 10.5. The molecule has 0 saturated heterocycles. The van der Waals surface area contributed by atoms with Gasteiger partial charge < -0.3 is 4.74 Å². The van der Waals surface area contributed by atoms with E-state index >= 15 is 0 Å².